The van der Waals surface area contributed by atoms with Gasteiger partial charge in [0.15, 0.2) is 0 Å². The molecule has 2 rings (SSSR count). The maximum Gasteiger partial charge on any atom is 0.238 e. The molecule has 0 amide bonds. The minimum absolute atomic E-state index is 0.00655. The molecule has 7 heteroatoms. The number of nitrogens with two attached hydrogens (primary N) is 1. The molecular weight excluding hydrogens is 298 g/mol. The molecule has 0 aliphatic carbocycles. The predicted octanol–water partition coefficient (Wildman–Crippen LogP) is 2.53. The second-order valence-electron chi connectivity index (χ2n) is 4.61. The number of primary sulfonamides is 1. The summed E-state index contributed by atoms with van der Waals surface area (Å²) in [6.45, 7) is 1.72. The molecule has 21 heavy (non-hydrogen) atoms. The Kier molecular flexibility index (Phi) is 4.24. The SMILES string of the molecule is Cc1ccc(NCc2ccc(F)cc2F)cc1S(N)(=O)=O. The molecule has 0 saturated carbocycles. The molecule has 0 bridgehead atoms. The second-order valence-corrected chi connectivity index (χ2v) is 6.14. The third-order valence-electron chi connectivity index (χ3n) is 2.99. The lowest BCUT2D eigenvalue weighted by atomic mass is 10.2. The lowest BCUT2D eigenvalue weighted by molar-refractivity contribution is 0.574. The molecule has 0 aliphatic rings. The van der Waals surface area contributed by atoms with Crippen LogP contribution in [0.5, 0.6) is 0 Å². The number of benzene rings is 2. The van der Waals surface area contributed by atoms with Crippen LogP contribution in [0.4, 0.5) is 14.5 Å². The van der Waals surface area contributed by atoms with Crippen LogP contribution in [0.2, 0.25) is 0 Å². The van der Waals surface area contributed by atoms with E-state index in [9.17, 15) is 17.2 Å². The molecule has 3 N–H and O–H groups in total. The van der Waals surface area contributed by atoms with Crippen molar-refractivity contribution in [3.05, 3.63) is 59.2 Å². The summed E-state index contributed by atoms with van der Waals surface area (Å²) in [6.07, 6.45) is 0. The van der Waals surface area contributed by atoms with Crippen LogP contribution in [-0.4, -0.2) is 8.42 Å². The van der Waals surface area contributed by atoms with E-state index >= 15 is 0 Å². The van der Waals surface area contributed by atoms with Crippen molar-refractivity contribution >= 4 is 15.7 Å². The quantitative estimate of drug-likeness (QED) is 0.911. The first-order valence-electron chi connectivity index (χ1n) is 6.08. The smallest absolute Gasteiger partial charge is 0.238 e. The van der Waals surface area contributed by atoms with Gasteiger partial charge >= 0.3 is 0 Å². The van der Waals surface area contributed by atoms with Gasteiger partial charge in [0.1, 0.15) is 11.6 Å². The Labute approximate surface area is 121 Å². The molecule has 0 fully saturated rings. The van der Waals surface area contributed by atoms with Gasteiger partial charge in [0, 0.05) is 23.9 Å². The number of nitrogens with one attached hydrogen (secondary N) is 1. The van der Waals surface area contributed by atoms with Crippen molar-refractivity contribution < 1.29 is 17.2 Å². The Hall–Kier alpha value is -1.99. The molecule has 0 saturated heterocycles. The van der Waals surface area contributed by atoms with Crippen molar-refractivity contribution in [2.45, 2.75) is 18.4 Å². The van der Waals surface area contributed by atoms with Crippen LogP contribution in [0.3, 0.4) is 0 Å². The summed E-state index contributed by atoms with van der Waals surface area (Å²) < 4.78 is 49.1. The molecule has 0 unspecified atom stereocenters. The van der Waals surface area contributed by atoms with E-state index in [4.69, 9.17) is 5.14 Å². The zero-order chi connectivity index (χ0) is 15.6. The van der Waals surface area contributed by atoms with E-state index in [-0.39, 0.29) is 17.0 Å². The highest BCUT2D eigenvalue weighted by Gasteiger charge is 2.12. The summed E-state index contributed by atoms with van der Waals surface area (Å²) >= 11 is 0. The Balaban J connectivity index is 2.21. The van der Waals surface area contributed by atoms with E-state index in [0.29, 0.717) is 11.3 Å². The van der Waals surface area contributed by atoms with Crippen LogP contribution in [-0.2, 0) is 16.6 Å². The first kappa shape index (κ1) is 15.4. The number of sulfonamides is 1. The Morgan fingerprint density at radius 1 is 1.14 bits per heavy atom. The van der Waals surface area contributed by atoms with E-state index in [0.717, 1.165) is 12.1 Å². The average molecular weight is 312 g/mol. The molecule has 0 spiro atoms. The van der Waals surface area contributed by atoms with Gasteiger partial charge in [-0.1, -0.05) is 12.1 Å². The predicted molar refractivity (Wildman–Crippen MR) is 76.2 cm³/mol. The largest absolute Gasteiger partial charge is 0.381 e. The minimum Gasteiger partial charge on any atom is -0.381 e. The van der Waals surface area contributed by atoms with E-state index in [1.807, 2.05) is 0 Å². The van der Waals surface area contributed by atoms with Gasteiger partial charge in [-0.05, 0) is 30.7 Å². The Morgan fingerprint density at radius 2 is 1.86 bits per heavy atom. The van der Waals surface area contributed by atoms with Gasteiger partial charge in [0.05, 0.1) is 4.90 Å². The fourth-order valence-electron chi connectivity index (χ4n) is 1.88. The van der Waals surface area contributed by atoms with Crippen molar-refractivity contribution in [2.24, 2.45) is 5.14 Å². The summed E-state index contributed by atoms with van der Waals surface area (Å²) in [4.78, 5) is 0.00655. The Morgan fingerprint density at radius 3 is 2.48 bits per heavy atom. The van der Waals surface area contributed by atoms with Crippen molar-refractivity contribution in [2.75, 3.05) is 5.32 Å². The van der Waals surface area contributed by atoms with Gasteiger partial charge in [0.25, 0.3) is 0 Å². The van der Waals surface area contributed by atoms with Crippen molar-refractivity contribution in [3.8, 4) is 0 Å². The summed E-state index contributed by atoms with van der Waals surface area (Å²) in [5.74, 6) is -1.32. The molecule has 2 aromatic carbocycles. The second kappa shape index (κ2) is 5.79. The molecular formula is C14H14F2N2O2S. The number of anilines is 1. The molecule has 0 aliphatic heterocycles. The van der Waals surface area contributed by atoms with Crippen molar-refractivity contribution in [3.63, 3.8) is 0 Å². The maximum atomic E-state index is 13.5. The summed E-state index contributed by atoms with van der Waals surface area (Å²) in [7, 11) is -3.82. The Bertz CT molecular complexity index is 777. The third kappa shape index (κ3) is 3.77. The highest BCUT2D eigenvalue weighted by Crippen LogP contribution is 2.20. The summed E-state index contributed by atoms with van der Waals surface area (Å²) in [5, 5.41) is 8.00. The molecule has 4 nitrogen and oxygen atoms in total. The van der Waals surface area contributed by atoms with Crippen LogP contribution in [0, 0.1) is 18.6 Å². The highest BCUT2D eigenvalue weighted by atomic mass is 32.2. The minimum atomic E-state index is -3.82. The first-order valence-corrected chi connectivity index (χ1v) is 7.63. The molecule has 2 aromatic rings. The normalized spacial score (nSPS) is 11.4. The van der Waals surface area contributed by atoms with Gasteiger partial charge in [-0.2, -0.15) is 0 Å². The number of rotatable bonds is 4. The fraction of sp³-hybridized carbons (Fsp3) is 0.143. The number of aryl methyl sites for hydroxylation is 1. The molecule has 0 aromatic heterocycles. The average Bonchev–Trinajstić information content (AvgIpc) is 2.38. The van der Waals surface area contributed by atoms with Crippen LogP contribution < -0.4 is 10.5 Å². The molecule has 0 heterocycles. The number of hydrogen-bond acceptors (Lipinski definition) is 3. The van der Waals surface area contributed by atoms with E-state index in [1.54, 1.807) is 19.1 Å². The lowest BCUT2D eigenvalue weighted by Crippen LogP contribution is -2.14. The topological polar surface area (TPSA) is 72.2 Å². The van der Waals surface area contributed by atoms with Gasteiger partial charge in [0.2, 0.25) is 10.0 Å². The molecule has 112 valence electrons. The van der Waals surface area contributed by atoms with Gasteiger partial charge in [-0.15, -0.1) is 0 Å². The number of hydrogen-bond donors (Lipinski definition) is 2. The van der Waals surface area contributed by atoms with E-state index in [1.165, 1.54) is 12.1 Å². The highest BCUT2D eigenvalue weighted by molar-refractivity contribution is 7.89. The van der Waals surface area contributed by atoms with Crippen molar-refractivity contribution in [1.82, 2.24) is 0 Å². The van der Waals surface area contributed by atoms with E-state index in [2.05, 4.69) is 5.32 Å². The van der Waals surface area contributed by atoms with Crippen LogP contribution in [0.15, 0.2) is 41.3 Å². The zero-order valence-electron chi connectivity index (χ0n) is 11.2. The lowest BCUT2D eigenvalue weighted by Gasteiger charge is -2.10. The van der Waals surface area contributed by atoms with Gasteiger partial charge in [-0.3, -0.25) is 0 Å². The van der Waals surface area contributed by atoms with Crippen LogP contribution in [0.1, 0.15) is 11.1 Å². The fourth-order valence-corrected chi connectivity index (χ4v) is 2.69. The zero-order valence-corrected chi connectivity index (χ0v) is 12.0. The number of halogens is 2. The van der Waals surface area contributed by atoms with Gasteiger partial charge < -0.3 is 5.32 Å². The summed E-state index contributed by atoms with van der Waals surface area (Å²) in [5.41, 5.74) is 1.28. The first-order chi connectivity index (χ1) is 9.77. The molecule has 0 atom stereocenters. The van der Waals surface area contributed by atoms with Gasteiger partial charge in [-0.25, -0.2) is 22.3 Å². The summed E-state index contributed by atoms with van der Waals surface area (Å²) in [6, 6.07) is 7.92. The van der Waals surface area contributed by atoms with E-state index < -0.39 is 21.7 Å². The standard InChI is InChI=1S/C14H14F2N2O2S/c1-9-2-5-12(7-14(9)21(17,19)20)18-8-10-3-4-11(15)6-13(10)16/h2-7,18H,8H2,1H3,(H2,17,19,20). The third-order valence-corrected chi connectivity index (χ3v) is 4.05. The van der Waals surface area contributed by atoms with Crippen LogP contribution >= 0.6 is 0 Å². The molecule has 0 radical (unpaired) electrons. The van der Waals surface area contributed by atoms with Crippen molar-refractivity contribution in [1.29, 1.82) is 0 Å². The monoisotopic (exact) mass is 312 g/mol. The van der Waals surface area contributed by atoms with Crippen LogP contribution in [0.25, 0.3) is 0 Å². The maximum absolute atomic E-state index is 13.5.